The smallest absolute Gasteiger partial charge is 0.188 e. The van der Waals surface area contributed by atoms with Gasteiger partial charge in [-0.25, -0.2) is 0 Å². The molecular weight excluding hydrogens is 294 g/mol. The van der Waals surface area contributed by atoms with Gasteiger partial charge in [0, 0.05) is 16.7 Å². The summed E-state index contributed by atoms with van der Waals surface area (Å²) in [5.41, 5.74) is 5.87. The summed E-state index contributed by atoms with van der Waals surface area (Å²) in [6, 6.07) is 9.77. The van der Waals surface area contributed by atoms with Crippen LogP contribution in [0.3, 0.4) is 0 Å². The maximum Gasteiger partial charge on any atom is 0.188 e. The molecule has 0 spiro atoms. The Balaban J connectivity index is 2.26. The normalized spacial score (nSPS) is 14.8. The Kier molecular flexibility index (Phi) is 8.82. The summed E-state index contributed by atoms with van der Waals surface area (Å²) in [5, 5.41) is 3.20. The fraction of sp³-hybridized carbons (Fsp3) is 0.588. The molecule has 0 aliphatic rings. The molecule has 0 saturated carbocycles. The Morgan fingerprint density at radius 1 is 1.23 bits per heavy atom. The fourth-order valence-corrected chi connectivity index (χ4v) is 3.10. The van der Waals surface area contributed by atoms with Gasteiger partial charge in [0.1, 0.15) is 0 Å². The highest BCUT2D eigenvalue weighted by Crippen LogP contribution is 2.08. The zero-order chi connectivity index (χ0) is 16.4. The van der Waals surface area contributed by atoms with Gasteiger partial charge in [-0.15, -0.1) is 0 Å². The minimum absolute atomic E-state index is 0.321. The molecule has 0 amide bonds. The summed E-state index contributed by atoms with van der Waals surface area (Å²) in [7, 11) is -1.01. The van der Waals surface area contributed by atoms with E-state index in [1.54, 1.807) is 0 Å². The second-order valence-corrected chi connectivity index (χ2v) is 7.57. The third kappa shape index (κ3) is 8.17. The van der Waals surface area contributed by atoms with Crippen molar-refractivity contribution in [1.82, 2.24) is 5.32 Å². The molecule has 3 N–H and O–H groups in total. The predicted molar refractivity (Wildman–Crippen MR) is 95.5 cm³/mol. The van der Waals surface area contributed by atoms with Crippen molar-refractivity contribution in [3.05, 3.63) is 30.3 Å². The number of hydrogen-bond donors (Lipinski definition) is 2. The lowest BCUT2D eigenvalue weighted by atomic mass is 10.0. The summed E-state index contributed by atoms with van der Waals surface area (Å²) in [5.74, 6) is 1.68. The molecule has 124 valence electrons. The lowest BCUT2D eigenvalue weighted by molar-refractivity contribution is 0.493. The summed E-state index contributed by atoms with van der Waals surface area (Å²) < 4.78 is 12.0. The van der Waals surface area contributed by atoms with E-state index in [0.717, 1.165) is 17.2 Å². The van der Waals surface area contributed by atoms with Crippen molar-refractivity contribution in [2.45, 2.75) is 51.0 Å². The van der Waals surface area contributed by atoms with Crippen LogP contribution in [0.4, 0.5) is 0 Å². The molecule has 0 heterocycles. The first-order chi connectivity index (χ1) is 10.5. The summed E-state index contributed by atoms with van der Waals surface area (Å²) >= 11 is 0. The molecule has 0 bridgehead atoms. The zero-order valence-corrected chi connectivity index (χ0v) is 14.7. The van der Waals surface area contributed by atoms with E-state index in [0.29, 0.717) is 24.3 Å². The molecule has 0 aliphatic heterocycles. The van der Waals surface area contributed by atoms with Crippen molar-refractivity contribution in [1.29, 1.82) is 0 Å². The predicted octanol–water partition coefficient (Wildman–Crippen LogP) is 2.91. The van der Waals surface area contributed by atoms with Gasteiger partial charge in [-0.1, -0.05) is 44.9 Å². The average molecular weight is 324 g/mol. The van der Waals surface area contributed by atoms with Gasteiger partial charge in [0.2, 0.25) is 0 Å². The molecule has 2 atom stereocenters. The van der Waals surface area contributed by atoms with Gasteiger partial charge in [0.05, 0.1) is 17.3 Å². The third-order valence-corrected chi connectivity index (χ3v) is 4.73. The Morgan fingerprint density at radius 2 is 1.91 bits per heavy atom. The Labute approximate surface area is 137 Å². The molecule has 22 heavy (non-hydrogen) atoms. The van der Waals surface area contributed by atoms with E-state index in [9.17, 15) is 4.21 Å². The number of hydrogen-bond acceptors (Lipinski definition) is 2. The number of guanidine groups is 1. The maximum absolute atomic E-state index is 12.0. The van der Waals surface area contributed by atoms with E-state index in [2.05, 4.69) is 31.1 Å². The van der Waals surface area contributed by atoms with Crippen LogP contribution in [0.2, 0.25) is 0 Å². The topological polar surface area (TPSA) is 67.5 Å². The third-order valence-electron chi connectivity index (χ3n) is 3.38. The number of nitrogens with one attached hydrogen (secondary N) is 1. The van der Waals surface area contributed by atoms with Crippen LogP contribution in [-0.4, -0.2) is 28.5 Å². The molecule has 1 aromatic rings. The van der Waals surface area contributed by atoms with Crippen molar-refractivity contribution in [2.24, 2.45) is 16.6 Å². The monoisotopic (exact) mass is 323 g/mol. The van der Waals surface area contributed by atoms with Crippen LogP contribution >= 0.6 is 0 Å². The maximum atomic E-state index is 12.0. The van der Waals surface area contributed by atoms with Gasteiger partial charge in [-0.3, -0.25) is 9.20 Å². The van der Waals surface area contributed by atoms with E-state index in [-0.39, 0.29) is 0 Å². The molecule has 0 aromatic heterocycles. The van der Waals surface area contributed by atoms with Crippen molar-refractivity contribution in [2.75, 3.05) is 12.3 Å². The zero-order valence-electron chi connectivity index (χ0n) is 13.9. The van der Waals surface area contributed by atoms with Crippen LogP contribution in [0, 0.1) is 5.92 Å². The van der Waals surface area contributed by atoms with E-state index < -0.39 is 10.8 Å². The van der Waals surface area contributed by atoms with Crippen molar-refractivity contribution >= 4 is 16.8 Å². The van der Waals surface area contributed by atoms with Gasteiger partial charge >= 0.3 is 0 Å². The first-order valence-corrected chi connectivity index (χ1v) is 9.30. The Bertz CT molecular complexity index is 474. The number of rotatable bonds is 9. The van der Waals surface area contributed by atoms with Crippen LogP contribution in [0.1, 0.15) is 40.0 Å². The van der Waals surface area contributed by atoms with Crippen LogP contribution in [0.25, 0.3) is 0 Å². The van der Waals surface area contributed by atoms with E-state index in [4.69, 9.17) is 5.73 Å². The lowest BCUT2D eigenvalue weighted by Crippen LogP contribution is -2.38. The van der Waals surface area contributed by atoms with E-state index in [1.807, 2.05) is 30.3 Å². The first kappa shape index (κ1) is 18.7. The largest absolute Gasteiger partial charge is 0.370 e. The van der Waals surface area contributed by atoms with E-state index in [1.165, 1.54) is 12.8 Å². The highest BCUT2D eigenvalue weighted by molar-refractivity contribution is 7.85. The molecule has 0 radical (unpaired) electrons. The van der Waals surface area contributed by atoms with Crippen LogP contribution in [-0.2, 0) is 10.8 Å². The second kappa shape index (κ2) is 10.4. The van der Waals surface area contributed by atoms with Crippen LogP contribution < -0.4 is 11.1 Å². The summed E-state index contributed by atoms with van der Waals surface area (Å²) in [6.45, 7) is 7.06. The molecular formula is C17H29N3OS. The molecule has 1 aromatic carbocycles. The summed E-state index contributed by atoms with van der Waals surface area (Å²) in [6.07, 6.45) is 3.51. The highest BCUT2D eigenvalue weighted by Gasteiger charge is 2.05. The average Bonchev–Trinajstić information content (AvgIpc) is 2.47. The molecule has 4 nitrogen and oxygen atoms in total. The molecule has 5 heteroatoms. The van der Waals surface area contributed by atoms with Gasteiger partial charge < -0.3 is 11.1 Å². The number of benzene rings is 1. The highest BCUT2D eigenvalue weighted by atomic mass is 32.2. The molecule has 1 rings (SSSR count). The number of nitrogens with zero attached hydrogens (tertiary/aromatic N) is 1. The SMILES string of the molecule is CC(C)CCCC(C)NC(N)=NCCS(=O)c1ccccc1. The molecule has 0 fully saturated rings. The van der Waals surface area contributed by atoms with Crippen molar-refractivity contribution in [3.63, 3.8) is 0 Å². The van der Waals surface area contributed by atoms with Gasteiger partial charge in [0.25, 0.3) is 0 Å². The number of nitrogens with two attached hydrogens (primary N) is 1. The Morgan fingerprint density at radius 3 is 2.55 bits per heavy atom. The van der Waals surface area contributed by atoms with Crippen molar-refractivity contribution < 1.29 is 4.21 Å². The first-order valence-electron chi connectivity index (χ1n) is 7.99. The number of aliphatic imine (C=N–C) groups is 1. The summed E-state index contributed by atoms with van der Waals surface area (Å²) in [4.78, 5) is 5.10. The molecule has 0 aliphatic carbocycles. The second-order valence-electron chi connectivity index (χ2n) is 6.00. The van der Waals surface area contributed by atoms with Crippen LogP contribution in [0.5, 0.6) is 0 Å². The standard InChI is InChI=1S/C17H29N3OS/c1-14(2)8-7-9-15(3)20-17(18)19-12-13-22(21)16-10-5-4-6-11-16/h4-6,10-11,14-15H,7-9,12-13H2,1-3H3,(H3,18,19,20). The Hall–Kier alpha value is -1.36. The molecule has 2 unspecified atom stereocenters. The van der Waals surface area contributed by atoms with Gasteiger partial charge in [-0.05, 0) is 31.4 Å². The van der Waals surface area contributed by atoms with Gasteiger partial charge in [0.15, 0.2) is 5.96 Å². The minimum Gasteiger partial charge on any atom is -0.370 e. The van der Waals surface area contributed by atoms with E-state index >= 15 is 0 Å². The minimum atomic E-state index is -1.01. The lowest BCUT2D eigenvalue weighted by Gasteiger charge is -2.15. The molecule has 0 saturated heterocycles. The quantitative estimate of drug-likeness (QED) is 0.542. The van der Waals surface area contributed by atoms with Gasteiger partial charge in [-0.2, -0.15) is 0 Å². The fourth-order valence-electron chi connectivity index (χ4n) is 2.14. The van der Waals surface area contributed by atoms with Crippen LogP contribution in [0.15, 0.2) is 40.2 Å². The van der Waals surface area contributed by atoms with Crippen molar-refractivity contribution in [3.8, 4) is 0 Å².